The fourth-order valence-electron chi connectivity index (χ4n) is 2.28. The molecule has 0 bridgehead atoms. The summed E-state index contributed by atoms with van der Waals surface area (Å²) in [5.74, 6) is 1.21. The molecule has 1 aromatic rings. The Balaban J connectivity index is 1.91. The van der Waals surface area contributed by atoms with Crippen molar-refractivity contribution in [1.82, 2.24) is 10.3 Å². The minimum absolute atomic E-state index is 0.114. The highest BCUT2D eigenvalue weighted by Crippen LogP contribution is 2.25. The van der Waals surface area contributed by atoms with Crippen molar-refractivity contribution in [3.63, 3.8) is 0 Å². The van der Waals surface area contributed by atoms with Gasteiger partial charge in [-0.2, -0.15) is 0 Å². The molecule has 1 N–H and O–H groups in total. The van der Waals surface area contributed by atoms with Crippen LogP contribution in [-0.4, -0.2) is 22.8 Å². The van der Waals surface area contributed by atoms with Crippen LogP contribution in [0.5, 0.6) is 0 Å². The van der Waals surface area contributed by atoms with Crippen molar-refractivity contribution in [3.8, 4) is 0 Å². The van der Waals surface area contributed by atoms with Crippen LogP contribution in [0.1, 0.15) is 36.0 Å². The Morgan fingerprint density at radius 2 is 2.11 bits per heavy atom. The fourth-order valence-corrected chi connectivity index (χ4v) is 2.80. The second-order valence-electron chi connectivity index (χ2n) is 4.70. The van der Waals surface area contributed by atoms with Crippen LogP contribution < -0.4 is 5.32 Å². The summed E-state index contributed by atoms with van der Waals surface area (Å²) in [6.07, 6.45) is 7.21. The highest BCUT2D eigenvalue weighted by molar-refractivity contribution is 6.33. The summed E-state index contributed by atoms with van der Waals surface area (Å²) < 4.78 is 0. The van der Waals surface area contributed by atoms with Crippen LogP contribution in [0.4, 0.5) is 0 Å². The van der Waals surface area contributed by atoms with E-state index in [-0.39, 0.29) is 11.9 Å². The van der Waals surface area contributed by atoms with Crippen LogP contribution in [0.25, 0.3) is 0 Å². The summed E-state index contributed by atoms with van der Waals surface area (Å²) in [5, 5.41) is 3.42. The molecule has 0 aromatic carbocycles. The zero-order chi connectivity index (χ0) is 13.0. The van der Waals surface area contributed by atoms with E-state index in [1.807, 2.05) is 0 Å². The zero-order valence-corrected chi connectivity index (χ0v) is 11.5. The van der Waals surface area contributed by atoms with Crippen LogP contribution in [0.15, 0.2) is 18.5 Å². The molecule has 0 aliphatic heterocycles. The van der Waals surface area contributed by atoms with E-state index in [0.29, 0.717) is 16.5 Å². The maximum absolute atomic E-state index is 12.0. The number of hydrogen-bond acceptors (Lipinski definition) is 2. The van der Waals surface area contributed by atoms with Crippen LogP contribution in [0, 0.1) is 5.92 Å². The number of halogens is 2. The second kappa shape index (κ2) is 6.39. The number of aromatic nitrogens is 1. The Labute approximate surface area is 117 Å². The Morgan fingerprint density at radius 1 is 1.39 bits per heavy atom. The summed E-state index contributed by atoms with van der Waals surface area (Å²) in [4.78, 5) is 15.9. The number of carbonyl (C=O) groups is 1. The number of hydrogen-bond donors (Lipinski definition) is 1. The minimum atomic E-state index is -0.114. The highest BCUT2D eigenvalue weighted by atomic mass is 35.5. The molecule has 5 heteroatoms. The smallest absolute Gasteiger partial charge is 0.253 e. The third kappa shape index (κ3) is 3.36. The number of alkyl halides is 1. The van der Waals surface area contributed by atoms with Gasteiger partial charge in [0, 0.05) is 24.3 Å². The van der Waals surface area contributed by atoms with E-state index >= 15 is 0 Å². The van der Waals surface area contributed by atoms with Crippen molar-refractivity contribution in [1.29, 1.82) is 0 Å². The van der Waals surface area contributed by atoms with Crippen molar-refractivity contribution >= 4 is 29.1 Å². The predicted molar refractivity (Wildman–Crippen MR) is 73.2 cm³/mol. The van der Waals surface area contributed by atoms with E-state index in [2.05, 4.69) is 10.3 Å². The molecule has 0 spiro atoms. The lowest BCUT2D eigenvalue weighted by molar-refractivity contribution is 0.0923. The van der Waals surface area contributed by atoms with Gasteiger partial charge in [-0.3, -0.25) is 9.78 Å². The van der Waals surface area contributed by atoms with Gasteiger partial charge in [0.05, 0.1) is 10.6 Å². The molecule has 18 heavy (non-hydrogen) atoms. The van der Waals surface area contributed by atoms with E-state index < -0.39 is 0 Å². The monoisotopic (exact) mass is 286 g/mol. The summed E-state index contributed by atoms with van der Waals surface area (Å²) in [5.41, 5.74) is 0.492. The Morgan fingerprint density at radius 3 is 2.72 bits per heavy atom. The number of nitrogens with one attached hydrogen (secondary N) is 1. The van der Waals surface area contributed by atoms with Crippen LogP contribution >= 0.6 is 23.2 Å². The number of rotatable bonds is 3. The minimum Gasteiger partial charge on any atom is -0.349 e. The number of amides is 1. The Hall–Kier alpha value is -0.800. The van der Waals surface area contributed by atoms with Crippen molar-refractivity contribution in [2.24, 2.45) is 5.92 Å². The molecule has 0 unspecified atom stereocenters. The van der Waals surface area contributed by atoms with Crippen LogP contribution in [0.2, 0.25) is 5.02 Å². The summed E-state index contributed by atoms with van der Waals surface area (Å²) in [6.45, 7) is 0. The average molecular weight is 287 g/mol. The maximum Gasteiger partial charge on any atom is 0.253 e. The molecule has 1 amide bonds. The van der Waals surface area contributed by atoms with E-state index in [0.717, 1.165) is 31.6 Å². The molecule has 3 nitrogen and oxygen atoms in total. The molecule has 0 saturated heterocycles. The lowest BCUT2D eigenvalue weighted by Crippen LogP contribution is -2.38. The van der Waals surface area contributed by atoms with E-state index in [1.54, 1.807) is 12.3 Å². The Kier molecular flexibility index (Phi) is 4.84. The topological polar surface area (TPSA) is 42.0 Å². The van der Waals surface area contributed by atoms with Gasteiger partial charge < -0.3 is 5.32 Å². The van der Waals surface area contributed by atoms with Gasteiger partial charge in [-0.25, -0.2) is 0 Å². The van der Waals surface area contributed by atoms with Crippen LogP contribution in [-0.2, 0) is 0 Å². The van der Waals surface area contributed by atoms with E-state index in [9.17, 15) is 4.79 Å². The zero-order valence-electron chi connectivity index (χ0n) is 10.0. The SMILES string of the molecule is O=C(NC1CCC(CCl)CC1)c1ccncc1Cl. The molecule has 1 aliphatic carbocycles. The summed E-state index contributed by atoms with van der Waals surface area (Å²) in [7, 11) is 0. The third-order valence-electron chi connectivity index (χ3n) is 3.42. The van der Waals surface area contributed by atoms with Crippen molar-refractivity contribution in [2.45, 2.75) is 31.7 Å². The molecule has 1 fully saturated rings. The summed E-state index contributed by atoms with van der Waals surface area (Å²) >= 11 is 11.8. The molecule has 0 radical (unpaired) electrons. The van der Waals surface area contributed by atoms with Crippen molar-refractivity contribution in [3.05, 3.63) is 29.0 Å². The first-order valence-corrected chi connectivity index (χ1v) is 7.08. The number of pyridine rings is 1. The molecular weight excluding hydrogens is 271 g/mol. The molecule has 0 atom stereocenters. The first kappa shape index (κ1) is 13.6. The predicted octanol–water partition coefficient (Wildman–Crippen LogP) is 3.26. The largest absolute Gasteiger partial charge is 0.349 e. The number of carbonyl (C=O) groups excluding carboxylic acids is 1. The van der Waals surface area contributed by atoms with Gasteiger partial charge in [-0.1, -0.05) is 11.6 Å². The quantitative estimate of drug-likeness (QED) is 0.867. The third-order valence-corrected chi connectivity index (χ3v) is 4.15. The molecular formula is C13H16Cl2N2O. The lowest BCUT2D eigenvalue weighted by Gasteiger charge is -2.27. The lowest BCUT2D eigenvalue weighted by atomic mass is 9.87. The molecule has 1 saturated carbocycles. The van der Waals surface area contributed by atoms with Gasteiger partial charge in [-0.05, 0) is 37.7 Å². The molecule has 98 valence electrons. The maximum atomic E-state index is 12.0. The first-order chi connectivity index (χ1) is 8.70. The van der Waals surface area contributed by atoms with Crippen molar-refractivity contribution < 1.29 is 4.79 Å². The average Bonchev–Trinajstić information content (AvgIpc) is 2.40. The van der Waals surface area contributed by atoms with Crippen molar-refractivity contribution in [2.75, 3.05) is 5.88 Å². The van der Waals surface area contributed by atoms with Gasteiger partial charge in [0.1, 0.15) is 0 Å². The van der Waals surface area contributed by atoms with Crippen LogP contribution in [0.3, 0.4) is 0 Å². The fraction of sp³-hybridized carbons (Fsp3) is 0.538. The van der Waals surface area contributed by atoms with E-state index in [4.69, 9.17) is 23.2 Å². The van der Waals surface area contributed by atoms with Gasteiger partial charge >= 0.3 is 0 Å². The van der Waals surface area contributed by atoms with Gasteiger partial charge in [0.15, 0.2) is 0 Å². The molecule has 1 aromatic heterocycles. The number of nitrogens with zero attached hydrogens (tertiary/aromatic N) is 1. The normalized spacial score (nSPS) is 23.7. The molecule has 1 aliphatic rings. The summed E-state index contributed by atoms with van der Waals surface area (Å²) in [6, 6.07) is 1.88. The second-order valence-corrected chi connectivity index (χ2v) is 5.42. The highest BCUT2D eigenvalue weighted by Gasteiger charge is 2.22. The first-order valence-electron chi connectivity index (χ1n) is 6.17. The van der Waals surface area contributed by atoms with E-state index in [1.165, 1.54) is 6.20 Å². The van der Waals surface area contributed by atoms with Gasteiger partial charge in [-0.15, -0.1) is 11.6 Å². The van der Waals surface area contributed by atoms with Gasteiger partial charge in [0.2, 0.25) is 0 Å². The Bertz CT molecular complexity index is 417. The van der Waals surface area contributed by atoms with Gasteiger partial charge in [0.25, 0.3) is 5.91 Å². The molecule has 2 rings (SSSR count). The molecule has 1 heterocycles. The standard InChI is InChI=1S/C13H16Cl2N2O/c14-7-9-1-3-10(4-2-9)17-13(18)11-5-6-16-8-12(11)15/h5-6,8-10H,1-4,7H2,(H,17,18).